The van der Waals surface area contributed by atoms with E-state index in [0.29, 0.717) is 6.54 Å². The Hall–Kier alpha value is -1.88. The fourth-order valence-corrected chi connectivity index (χ4v) is 4.72. The van der Waals surface area contributed by atoms with Crippen molar-refractivity contribution in [3.63, 3.8) is 0 Å². The highest BCUT2D eigenvalue weighted by molar-refractivity contribution is 5.85. The Bertz CT molecular complexity index is 698. The van der Waals surface area contributed by atoms with Crippen LogP contribution in [0.1, 0.15) is 23.5 Å². The van der Waals surface area contributed by atoms with Crippen molar-refractivity contribution in [2.24, 2.45) is 11.8 Å². The number of rotatable bonds is 4. The van der Waals surface area contributed by atoms with E-state index in [0.717, 1.165) is 24.1 Å². The van der Waals surface area contributed by atoms with Crippen LogP contribution in [0.15, 0.2) is 60.7 Å². The molecule has 3 aliphatic rings. The monoisotopic (exact) mass is 373 g/mol. The van der Waals surface area contributed by atoms with Gasteiger partial charge in [0.25, 0.3) is 0 Å². The topological polar surface area (TPSA) is 60.8 Å². The normalized spacial score (nSPS) is 30.0. The number of nitrogens with zero attached hydrogens (tertiary/aromatic N) is 1. The first-order valence-corrected chi connectivity index (χ1v) is 8.91. The lowest BCUT2D eigenvalue weighted by molar-refractivity contribution is -0.162. The number of carboxylic acids is 1. The second-order valence-electron chi connectivity index (χ2n) is 7.17. The molecule has 0 radical (unpaired) electrons. The second kappa shape index (κ2) is 7.78. The summed E-state index contributed by atoms with van der Waals surface area (Å²) in [6.45, 7) is 1.38. The van der Waals surface area contributed by atoms with Crippen molar-refractivity contribution in [2.75, 3.05) is 13.1 Å². The molecule has 5 rings (SSSR count). The fraction of sp³-hybridized carbons (Fsp3) is 0.381. The molecule has 138 valence electrons. The Kier molecular flexibility index (Phi) is 5.66. The number of carbonyl (C=O) groups is 1. The number of halogens is 1. The molecule has 4 nitrogen and oxygen atoms in total. The minimum Gasteiger partial charge on any atom is -0.481 e. The molecule has 0 aliphatic carbocycles. The SMILES string of the molecule is Cl.O=C(O)[C@@H]1CN2CC[C@H]1[C@H](O)[C@@H]2C(c1ccccc1)c1ccccc1. The van der Waals surface area contributed by atoms with Crippen molar-refractivity contribution in [2.45, 2.75) is 24.5 Å². The number of aliphatic hydroxyl groups is 1. The predicted octanol–water partition coefficient (Wildman–Crippen LogP) is 3.01. The Morgan fingerprint density at radius 2 is 1.54 bits per heavy atom. The number of benzene rings is 2. The molecule has 1 unspecified atom stereocenters. The Morgan fingerprint density at radius 3 is 2.00 bits per heavy atom. The number of aliphatic carboxylic acids is 1. The van der Waals surface area contributed by atoms with Crippen LogP contribution in [0, 0.1) is 11.8 Å². The van der Waals surface area contributed by atoms with Gasteiger partial charge in [-0.1, -0.05) is 60.7 Å². The van der Waals surface area contributed by atoms with Gasteiger partial charge in [0, 0.05) is 24.4 Å². The zero-order valence-electron chi connectivity index (χ0n) is 14.4. The first-order valence-electron chi connectivity index (χ1n) is 8.91. The molecular formula is C21H24ClNO3. The summed E-state index contributed by atoms with van der Waals surface area (Å²) in [6, 6.07) is 20.4. The van der Waals surface area contributed by atoms with E-state index in [-0.39, 0.29) is 30.3 Å². The largest absolute Gasteiger partial charge is 0.481 e. The Morgan fingerprint density at radius 1 is 1.00 bits per heavy atom. The molecule has 5 heteroatoms. The van der Waals surface area contributed by atoms with E-state index < -0.39 is 18.0 Å². The van der Waals surface area contributed by atoms with Crippen LogP contribution in [-0.2, 0) is 4.79 Å². The highest BCUT2D eigenvalue weighted by Gasteiger charge is 2.52. The maximum absolute atomic E-state index is 11.6. The third kappa shape index (κ3) is 3.25. The standard InChI is InChI=1S/C21H23NO3.ClH/c23-20-16-11-12-22(13-17(16)21(24)25)19(20)18(14-7-3-1-4-8-14)15-9-5-2-6-10-15;/h1-10,16-20,23H,11-13H2,(H,24,25);1H/t16-,17-,19+,20+;/m1./s1. The van der Waals surface area contributed by atoms with Crippen molar-refractivity contribution in [3.05, 3.63) is 71.8 Å². The van der Waals surface area contributed by atoms with E-state index in [2.05, 4.69) is 29.2 Å². The summed E-state index contributed by atoms with van der Waals surface area (Å²) in [6.07, 6.45) is 0.124. The van der Waals surface area contributed by atoms with E-state index in [1.807, 2.05) is 36.4 Å². The molecule has 0 spiro atoms. The molecule has 0 aromatic heterocycles. The summed E-state index contributed by atoms with van der Waals surface area (Å²) in [5.74, 6) is -1.38. The van der Waals surface area contributed by atoms with Crippen LogP contribution in [0.5, 0.6) is 0 Å². The molecule has 26 heavy (non-hydrogen) atoms. The van der Waals surface area contributed by atoms with Gasteiger partial charge in [-0.25, -0.2) is 0 Å². The molecule has 3 saturated heterocycles. The van der Waals surface area contributed by atoms with E-state index in [4.69, 9.17) is 0 Å². The summed E-state index contributed by atoms with van der Waals surface area (Å²) in [7, 11) is 0. The third-order valence-electron chi connectivity index (χ3n) is 5.88. The van der Waals surface area contributed by atoms with Gasteiger partial charge in [0.15, 0.2) is 0 Å². The molecule has 0 saturated carbocycles. The van der Waals surface area contributed by atoms with Gasteiger partial charge in [-0.3, -0.25) is 9.69 Å². The average Bonchev–Trinajstić information content (AvgIpc) is 2.66. The maximum atomic E-state index is 11.6. The summed E-state index contributed by atoms with van der Waals surface area (Å²) in [4.78, 5) is 13.8. The summed E-state index contributed by atoms with van der Waals surface area (Å²) < 4.78 is 0. The van der Waals surface area contributed by atoms with Gasteiger partial charge in [0.2, 0.25) is 0 Å². The highest BCUT2D eigenvalue weighted by Crippen LogP contribution is 2.44. The van der Waals surface area contributed by atoms with Gasteiger partial charge in [0.05, 0.1) is 12.0 Å². The van der Waals surface area contributed by atoms with E-state index in [9.17, 15) is 15.0 Å². The predicted molar refractivity (Wildman–Crippen MR) is 103 cm³/mol. The average molecular weight is 374 g/mol. The molecule has 3 aliphatic heterocycles. The Labute approximate surface area is 159 Å². The molecule has 2 N–H and O–H groups in total. The van der Waals surface area contributed by atoms with Gasteiger partial charge in [0.1, 0.15) is 0 Å². The lowest BCUT2D eigenvalue weighted by atomic mass is 9.68. The first kappa shape index (κ1) is 18.9. The number of piperidine rings is 3. The number of hydrogen-bond donors (Lipinski definition) is 2. The molecule has 5 atom stereocenters. The minimum absolute atomic E-state index is 0. The number of carboxylic acid groups (broad SMARTS) is 1. The molecular weight excluding hydrogens is 350 g/mol. The molecule has 2 aromatic carbocycles. The lowest BCUT2D eigenvalue weighted by Crippen LogP contribution is -2.64. The molecule has 2 bridgehead atoms. The van der Waals surface area contributed by atoms with Gasteiger partial charge < -0.3 is 10.2 Å². The summed E-state index contributed by atoms with van der Waals surface area (Å²) in [5.41, 5.74) is 2.33. The molecule has 2 aromatic rings. The molecule has 0 amide bonds. The van der Waals surface area contributed by atoms with Crippen molar-refractivity contribution >= 4 is 18.4 Å². The van der Waals surface area contributed by atoms with E-state index in [1.54, 1.807) is 0 Å². The van der Waals surface area contributed by atoms with Crippen LogP contribution in [0.3, 0.4) is 0 Å². The van der Waals surface area contributed by atoms with Crippen LogP contribution in [0.2, 0.25) is 0 Å². The van der Waals surface area contributed by atoms with E-state index >= 15 is 0 Å². The molecule has 3 heterocycles. The Balaban J connectivity index is 0.00000196. The van der Waals surface area contributed by atoms with Gasteiger partial charge in [-0.05, 0) is 24.1 Å². The van der Waals surface area contributed by atoms with Crippen LogP contribution < -0.4 is 0 Å². The number of hydrogen-bond acceptors (Lipinski definition) is 3. The number of aliphatic hydroxyl groups excluding tert-OH is 1. The quantitative estimate of drug-likeness (QED) is 0.864. The van der Waals surface area contributed by atoms with E-state index in [1.165, 1.54) is 0 Å². The van der Waals surface area contributed by atoms with Crippen molar-refractivity contribution in [3.8, 4) is 0 Å². The smallest absolute Gasteiger partial charge is 0.308 e. The lowest BCUT2D eigenvalue weighted by Gasteiger charge is -2.54. The minimum atomic E-state index is -0.789. The van der Waals surface area contributed by atoms with Crippen LogP contribution in [0.25, 0.3) is 0 Å². The summed E-state index contributed by atoms with van der Waals surface area (Å²) >= 11 is 0. The highest BCUT2D eigenvalue weighted by atomic mass is 35.5. The van der Waals surface area contributed by atoms with Gasteiger partial charge in [-0.15, -0.1) is 12.4 Å². The third-order valence-corrected chi connectivity index (χ3v) is 5.88. The van der Waals surface area contributed by atoms with Crippen LogP contribution in [-0.4, -0.2) is 46.3 Å². The fourth-order valence-electron chi connectivity index (χ4n) is 4.72. The first-order chi connectivity index (χ1) is 12.2. The van der Waals surface area contributed by atoms with Crippen molar-refractivity contribution < 1.29 is 15.0 Å². The van der Waals surface area contributed by atoms with Crippen molar-refractivity contribution in [1.82, 2.24) is 4.90 Å². The van der Waals surface area contributed by atoms with Gasteiger partial charge in [-0.2, -0.15) is 0 Å². The van der Waals surface area contributed by atoms with Crippen LogP contribution in [0.4, 0.5) is 0 Å². The number of fused-ring (bicyclic) bond motifs is 3. The summed E-state index contributed by atoms with van der Waals surface area (Å²) in [5, 5.41) is 20.6. The zero-order chi connectivity index (χ0) is 17.4. The zero-order valence-corrected chi connectivity index (χ0v) is 15.3. The second-order valence-corrected chi connectivity index (χ2v) is 7.17. The van der Waals surface area contributed by atoms with Crippen LogP contribution >= 0.6 is 12.4 Å². The molecule has 3 fully saturated rings. The van der Waals surface area contributed by atoms with Gasteiger partial charge >= 0.3 is 5.97 Å². The van der Waals surface area contributed by atoms with Crippen molar-refractivity contribution in [1.29, 1.82) is 0 Å². The maximum Gasteiger partial charge on any atom is 0.308 e.